The van der Waals surface area contributed by atoms with Crippen LogP contribution in [0.5, 0.6) is 0 Å². The molecule has 1 N–H and O–H groups in total. The summed E-state index contributed by atoms with van der Waals surface area (Å²) in [4.78, 5) is 12.4. The van der Waals surface area contributed by atoms with E-state index >= 15 is 0 Å². The van der Waals surface area contributed by atoms with Gasteiger partial charge in [-0.25, -0.2) is 0 Å². The van der Waals surface area contributed by atoms with Gasteiger partial charge in [-0.15, -0.1) is 11.8 Å². The van der Waals surface area contributed by atoms with Crippen molar-refractivity contribution < 1.29 is 9.90 Å². The molecule has 0 amide bonds. The minimum Gasteiger partial charge on any atom is -0.480 e. The number of rotatable bonds is 20. The molecule has 0 aliphatic rings. The fraction of sp³-hybridized carbons (Fsp3) is 0.962. The Kier molecular flexibility index (Phi) is 17.4. The summed E-state index contributed by atoms with van der Waals surface area (Å²) >= 11 is 1.77. The molecule has 174 valence electrons. The summed E-state index contributed by atoms with van der Waals surface area (Å²) in [6.45, 7) is 13.6. The molecule has 0 unspecified atom stereocenters. The average Bonchev–Trinajstić information content (AvgIpc) is 2.62. The van der Waals surface area contributed by atoms with Gasteiger partial charge in [0.1, 0.15) is 4.75 Å². The molecule has 0 aliphatic carbocycles. The average molecular weight is 429 g/mol. The molecule has 0 saturated heterocycles. The van der Waals surface area contributed by atoms with Gasteiger partial charge in [-0.1, -0.05) is 112 Å². The summed E-state index contributed by atoms with van der Waals surface area (Å²) in [5.41, 5.74) is 0. The molecule has 0 aromatic heterocycles. The molecule has 0 bridgehead atoms. The Morgan fingerprint density at radius 3 is 1.38 bits per heavy atom. The molecule has 2 nitrogen and oxygen atoms in total. The van der Waals surface area contributed by atoms with Crippen molar-refractivity contribution in [2.75, 3.05) is 5.75 Å². The first kappa shape index (κ1) is 28.8. The van der Waals surface area contributed by atoms with Crippen molar-refractivity contribution in [1.29, 1.82) is 0 Å². The first-order valence-electron chi connectivity index (χ1n) is 12.6. The van der Waals surface area contributed by atoms with Crippen molar-refractivity contribution in [2.45, 2.75) is 136 Å². The zero-order valence-corrected chi connectivity index (χ0v) is 21.4. The lowest BCUT2D eigenvalue weighted by atomic mass is 9.92. The van der Waals surface area contributed by atoms with Crippen LogP contribution in [0, 0.1) is 17.8 Å². The maximum Gasteiger partial charge on any atom is 0.319 e. The predicted molar refractivity (Wildman–Crippen MR) is 132 cm³/mol. The number of hydrogen-bond acceptors (Lipinski definition) is 2. The molecule has 0 aromatic carbocycles. The van der Waals surface area contributed by atoms with Gasteiger partial charge in [0.2, 0.25) is 0 Å². The Bertz CT molecular complexity index is 372. The Morgan fingerprint density at radius 2 is 1.03 bits per heavy atom. The summed E-state index contributed by atoms with van der Waals surface area (Å²) in [6, 6.07) is 0. The van der Waals surface area contributed by atoms with Crippen LogP contribution in [0.4, 0.5) is 0 Å². The van der Waals surface area contributed by atoms with E-state index in [-0.39, 0.29) is 0 Å². The van der Waals surface area contributed by atoms with E-state index in [9.17, 15) is 9.90 Å². The van der Waals surface area contributed by atoms with Gasteiger partial charge in [0.25, 0.3) is 0 Å². The Hall–Kier alpha value is -0.180. The standard InChI is InChI=1S/C26H52O2S/c1-22(2)16-10-7-13-19-26(25(27)28,20-14-8-11-17-23(3)4)29-21-15-9-12-18-24(5)6/h22-24H,7-21H2,1-6H3,(H,27,28). The number of carboxylic acids is 1. The van der Waals surface area contributed by atoms with E-state index in [4.69, 9.17) is 0 Å². The topological polar surface area (TPSA) is 37.3 Å². The van der Waals surface area contributed by atoms with E-state index < -0.39 is 10.7 Å². The molecule has 0 aromatic rings. The molecule has 0 heterocycles. The van der Waals surface area contributed by atoms with Gasteiger partial charge in [0.15, 0.2) is 0 Å². The first-order valence-corrected chi connectivity index (χ1v) is 13.6. The number of carbonyl (C=O) groups is 1. The summed E-state index contributed by atoms with van der Waals surface area (Å²) in [6.07, 6.45) is 16.1. The molecule has 0 aliphatic heterocycles. The van der Waals surface area contributed by atoms with Crippen molar-refractivity contribution in [3.63, 3.8) is 0 Å². The van der Waals surface area contributed by atoms with Gasteiger partial charge >= 0.3 is 5.97 Å². The maximum absolute atomic E-state index is 12.4. The van der Waals surface area contributed by atoms with Crippen molar-refractivity contribution in [3.8, 4) is 0 Å². The summed E-state index contributed by atoms with van der Waals surface area (Å²) in [7, 11) is 0. The van der Waals surface area contributed by atoms with Crippen LogP contribution in [0.1, 0.15) is 131 Å². The molecule has 0 radical (unpaired) electrons. The lowest BCUT2D eigenvalue weighted by Crippen LogP contribution is -2.35. The number of unbranched alkanes of at least 4 members (excludes halogenated alkanes) is 6. The van der Waals surface area contributed by atoms with Crippen molar-refractivity contribution in [1.82, 2.24) is 0 Å². The van der Waals surface area contributed by atoms with Crippen LogP contribution in [0.25, 0.3) is 0 Å². The minimum atomic E-state index is -0.558. The van der Waals surface area contributed by atoms with Crippen LogP contribution in [-0.4, -0.2) is 21.6 Å². The van der Waals surface area contributed by atoms with E-state index in [0.717, 1.165) is 55.6 Å². The fourth-order valence-corrected chi connectivity index (χ4v) is 5.36. The largest absolute Gasteiger partial charge is 0.480 e. The lowest BCUT2D eigenvalue weighted by Gasteiger charge is -2.29. The third kappa shape index (κ3) is 16.2. The Balaban J connectivity index is 4.57. The second kappa shape index (κ2) is 17.5. The molecule has 0 spiro atoms. The highest BCUT2D eigenvalue weighted by Crippen LogP contribution is 2.38. The van der Waals surface area contributed by atoms with E-state index in [1.165, 1.54) is 57.8 Å². The van der Waals surface area contributed by atoms with Crippen molar-refractivity contribution >= 4 is 17.7 Å². The van der Waals surface area contributed by atoms with Crippen LogP contribution >= 0.6 is 11.8 Å². The monoisotopic (exact) mass is 428 g/mol. The van der Waals surface area contributed by atoms with Gasteiger partial charge in [-0.3, -0.25) is 4.79 Å². The van der Waals surface area contributed by atoms with Crippen molar-refractivity contribution in [2.24, 2.45) is 17.8 Å². The fourth-order valence-electron chi connectivity index (χ4n) is 3.92. The first-order chi connectivity index (χ1) is 13.7. The third-order valence-electron chi connectivity index (χ3n) is 5.92. The molecule has 0 rings (SSSR count). The molecule has 3 heteroatoms. The van der Waals surface area contributed by atoms with Crippen LogP contribution in [0.15, 0.2) is 0 Å². The number of carboxylic acid groups (broad SMARTS) is 1. The second-order valence-corrected chi connectivity index (χ2v) is 11.9. The molecular formula is C26H52O2S. The number of hydrogen-bond donors (Lipinski definition) is 1. The molecule has 29 heavy (non-hydrogen) atoms. The molecule has 0 saturated carbocycles. The highest BCUT2D eigenvalue weighted by Gasteiger charge is 2.37. The zero-order valence-electron chi connectivity index (χ0n) is 20.6. The van der Waals surface area contributed by atoms with Crippen molar-refractivity contribution in [3.05, 3.63) is 0 Å². The van der Waals surface area contributed by atoms with Gasteiger partial charge in [0.05, 0.1) is 0 Å². The van der Waals surface area contributed by atoms with E-state index in [1.807, 2.05) is 0 Å². The summed E-state index contributed by atoms with van der Waals surface area (Å²) in [5, 5.41) is 10.2. The van der Waals surface area contributed by atoms with E-state index in [0.29, 0.717) is 0 Å². The van der Waals surface area contributed by atoms with Gasteiger partial charge in [0, 0.05) is 0 Å². The van der Waals surface area contributed by atoms with Gasteiger partial charge < -0.3 is 5.11 Å². The zero-order chi connectivity index (χ0) is 22.1. The SMILES string of the molecule is CC(C)CCCCCSC(CCCCCC(C)C)(CCCCCC(C)C)C(=O)O. The van der Waals surface area contributed by atoms with Crippen LogP contribution in [0.2, 0.25) is 0 Å². The third-order valence-corrected chi connectivity index (χ3v) is 7.55. The maximum atomic E-state index is 12.4. The second-order valence-electron chi connectivity index (χ2n) is 10.4. The Morgan fingerprint density at radius 1 is 0.655 bits per heavy atom. The van der Waals surface area contributed by atoms with Gasteiger partial charge in [-0.2, -0.15) is 0 Å². The number of thioether (sulfide) groups is 1. The van der Waals surface area contributed by atoms with Gasteiger partial charge in [-0.05, 0) is 42.8 Å². The highest BCUT2D eigenvalue weighted by atomic mass is 32.2. The minimum absolute atomic E-state index is 0.548. The van der Waals surface area contributed by atoms with Crippen LogP contribution in [0.3, 0.4) is 0 Å². The lowest BCUT2D eigenvalue weighted by molar-refractivity contribution is -0.140. The highest BCUT2D eigenvalue weighted by molar-refractivity contribution is 8.01. The Labute approximate surface area is 187 Å². The summed E-state index contributed by atoms with van der Waals surface area (Å²) < 4.78 is -0.548. The smallest absolute Gasteiger partial charge is 0.319 e. The molecular weight excluding hydrogens is 376 g/mol. The summed E-state index contributed by atoms with van der Waals surface area (Å²) in [5.74, 6) is 2.72. The number of aliphatic carboxylic acids is 1. The van der Waals surface area contributed by atoms with Crippen LogP contribution < -0.4 is 0 Å². The molecule has 0 atom stereocenters. The van der Waals surface area contributed by atoms with Crippen LogP contribution in [-0.2, 0) is 4.79 Å². The normalized spacial score (nSPS) is 12.4. The molecule has 0 fully saturated rings. The predicted octanol–water partition coefficient (Wildman–Crippen LogP) is 8.97. The van der Waals surface area contributed by atoms with E-state index in [1.54, 1.807) is 11.8 Å². The van der Waals surface area contributed by atoms with E-state index in [2.05, 4.69) is 41.5 Å². The quantitative estimate of drug-likeness (QED) is 0.197.